The molecule has 1 heterocycles. The number of benzene rings is 1. The SMILES string of the molecule is CCc1cc(-c2c(F)c(OC)cc(OC)c2F)nc(C2CC2)c1N=C(C)N. The maximum atomic E-state index is 14.9. The molecule has 3 rings (SSSR count). The average molecular weight is 375 g/mol. The van der Waals surface area contributed by atoms with Crippen LogP contribution in [-0.4, -0.2) is 25.0 Å². The van der Waals surface area contributed by atoms with E-state index in [4.69, 9.17) is 15.2 Å². The van der Waals surface area contributed by atoms with Gasteiger partial charge in [0, 0.05) is 12.0 Å². The van der Waals surface area contributed by atoms with Crippen molar-refractivity contribution >= 4 is 11.5 Å². The lowest BCUT2D eigenvalue weighted by Crippen LogP contribution is -2.07. The van der Waals surface area contributed by atoms with Crippen molar-refractivity contribution < 1.29 is 18.3 Å². The van der Waals surface area contributed by atoms with Gasteiger partial charge in [0.2, 0.25) is 0 Å². The number of aryl methyl sites for hydroxylation is 1. The fourth-order valence-electron chi connectivity index (χ4n) is 3.07. The average Bonchev–Trinajstić information content (AvgIpc) is 3.47. The quantitative estimate of drug-likeness (QED) is 0.596. The summed E-state index contributed by atoms with van der Waals surface area (Å²) in [4.78, 5) is 9.02. The van der Waals surface area contributed by atoms with Gasteiger partial charge in [-0.25, -0.2) is 13.8 Å². The molecule has 1 saturated carbocycles. The molecule has 144 valence electrons. The minimum Gasteiger partial charge on any atom is -0.494 e. The van der Waals surface area contributed by atoms with E-state index in [0.29, 0.717) is 17.9 Å². The van der Waals surface area contributed by atoms with Crippen LogP contribution in [0.3, 0.4) is 0 Å². The van der Waals surface area contributed by atoms with Gasteiger partial charge >= 0.3 is 0 Å². The van der Waals surface area contributed by atoms with Gasteiger partial charge in [0.15, 0.2) is 23.1 Å². The van der Waals surface area contributed by atoms with Crippen LogP contribution >= 0.6 is 0 Å². The summed E-state index contributed by atoms with van der Waals surface area (Å²) in [6.07, 6.45) is 2.57. The second-order valence-electron chi connectivity index (χ2n) is 6.57. The van der Waals surface area contributed by atoms with Crippen molar-refractivity contribution in [3.05, 3.63) is 35.0 Å². The van der Waals surface area contributed by atoms with Gasteiger partial charge in [0.1, 0.15) is 0 Å². The topological polar surface area (TPSA) is 69.7 Å². The van der Waals surface area contributed by atoms with Crippen LogP contribution in [-0.2, 0) is 6.42 Å². The van der Waals surface area contributed by atoms with Crippen molar-refractivity contribution in [1.29, 1.82) is 0 Å². The predicted molar refractivity (Wildman–Crippen MR) is 101 cm³/mol. The molecular formula is C20H23F2N3O2. The number of halogens is 2. The molecule has 0 aliphatic heterocycles. The lowest BCUT2D eigenvalue weighted by atomic mass is 10.0. The van der Waals surface area contributed by atoms with Crippen molar-refractivity contribution in [2.24, 2.45) is 10.7 Å². The van der Waals surface area contributed by atoms with E-state index >= 15 is 0 Å². The Morgan fingerprint density at radius 2 is 1.78 bits per heavy atom. The van der Waals surface area contributed by atoms with Crippen molar-refractivity contribution in [3.8, 4) is 22.8 Å². The molecule has 0 unspecified atom stereocenters. The fourth-order valence-corrected chi connectivity index (χ4v) is 3.07. The number of pyridine rings is 1. The number of methoxy groups -OCH3 is 2. The molecule has 0 amide bonds. The first-order chi connectivity index (χ1) is 12.9. The summed E-state index contributed by atoms with van der Waals surface area (Å²) in [5.74, 6) is -1.17. The molecule has 0 saturated heterocycles. The third kappa shape index (κ3) is 3.59. The molecule has 1 fully saturated rings. The van der Waals surface area contributed by atoms with Crippen LogP contribution in [0.15, 0.2) is 17.1 Å². The molecule has 0 atom stereocenters. The van der Waals surface area contributed by atoms with E-state index < -0.39 is 11.6 Å². The number of hydrogen-bond acceptors (Lipinski definition) is 4. The molecule has 2 aromatic rings. The molecule has 2 N–H and O–H groups in total. The van der Waals surface area contributed by atoms with Gasteiger partial charge < -0.3 is 15.2 Å². The van der Waals surface area contributed by atoms with Gasteiger partial charge in [-0.1, -0.05) is 6.92 Å². The molecule has 0 radical (unpaired) electrons. The van der Waals surface area contributed by atoms with Gasteiger partial charge in [-0.05, 0) is 37.8 Å². The molecule has 7 heteroatoms. The van der Waals surface area contributed by atoms with Gasteiger partial charge in [0.25, 0.3) is 0 Å². The van der Waals surface area contributed by atoms with Crippen molar-refractivity contribution in [3.63, 3.8) is 0 Å². The maximum absolute atomic E-state index is 14.9. The Labute approximate surface area is 157 Å². The van der Waals surface area contributed by atoms with E-state index in [0.717, 1.165) is 24.1 Å². The zero-order valence-corrected chi connectivity index (χ0v) is 15.9. The highest BCUT2D eigenvalue weighted by Gasteiger charge is 2.31. The van der Waals surface area contributed by atoms with Crippen molar-refractivity contribution in [2.45, 2.75) is 39.0 Å². The molecule has 1 aliphatic carbocycles. The number of nitrogens with two attached hydrogens (primary N) is 1. The Hall–Kier alpha value is -2.70. The number of nitrogens with zero attached hydrogens (tertiary/aromatic N) is 2. The highest BCUT2D eigenvalue weighted by atomic mass is 19.1. The number of aromatic nitrogens is 1. The summed E-state index contributed by atoms with van der Waals surface area (Å²) in [7, 11) is 2.64. The summed E-state index contributed by atoms with van der Waals surface area (Å²) < 4.78 is 39.9. The minimum absolute atomic E-state index is 0.101. The smallest absolute Gasteiger partial charge is 0.177 e. The van der Waals surface area contributed by atoms with E-state index in [1.807, 2.05) is 6.92 Å². The molecular weight excluding hydrogens is 352 g/mol. The van der Waals surface area contributed by atoms with Crippen LogP contribution in [0.4, 0.5) is 14.5 Å². The normalized spacial score (nSPS) is 14.4. The summed E-state index contributed by atoms with van der Waals surface area (Å²) >= 11 is 0. The Kier molecular flexibility index (Phi) is 5.30. The third-order valence-corrected chi connectivity index (χ3v) is 4.56. The zero-order valence-electron chi connectivity index (χ0n) is 15.9. The molecule has 1 aromatic carbocycles. The van der Waals surface area contributed by atoms with Crippen LogP contribution < -0.4 is 15.2 Å². The Balaban J connectivity index is 2.30. The van der Waals surface area contributed by atoms with E-state index in [1.54, 1.807) is 13.0 Å². The third-order valence-electron chi connectivity index (χ3n) is 4.56. The fraction of sp³-hybridized carbons (Fsp3) is 0.400. The zero-order chi connectivity index (χ0) is 19.7. The van der Waals surface area contributed by atoms with Crippen LogP contribution in [0, 0.1) is 11.6 Å². The summed E-state index contributed by atoms with van der Waals surface area (Å²) in [6.45, 7) is 3.66. The Morgan fingerprint density at radius 3 is 2.22 bits per heavy atom. The number of rotatable bonds is 6. The van der Waals surface area contributed by atoms with Crippen molar-refractivity contribution in [1.82, 2.24) is 4.98 Å². The Morgan fingerprint density at radius 1 is 1.19 bits per heavy atom. The number of amidine groups is 1. The van der Waals surface area contributed by atoms with E-state index in [-0.39, 0.29) is 28.7 Å². The van der Waals surface area contributed by atoms with Gasteiger partial charge in [-0.3, -0.25) is 4.98 Å². The minimum atomic E-state index is -0.807. The lowest BCUT2D eigenvalue weighted by molar-refractivity contribution is 0.359. The van der Waals surface area contributed by atoms with Crippen LogP contribution in [0.1, 0.15) is 43.9 Å². The largest absolute Gasteiger partial charge is 0.494 e. The Bertz CT molecular complexity index is 877. The van der Waals surface area contributed by atoms with Crippen LogP contribution in [0.5, 0.6) is 11.5 Å². The van der Waals surface area contributed by atoms with E-state index in [2.05, 4.69) is 9.98 Å². The van der Waals surface area contributed by atoms with Crippen LogP contribution in [0.25, 0.3) is 11.3 Å². The monoisotopic (exact) mass is 375 g/mol. The first kappa shape index (κ1) is 19.1. The molecule has 0 spiro atoms. The molecule has 1 aliphatic rings. The van der Waals surface area contributed by atoms with Gasteiger partial charge in [-0.2, -0.15) is 0 Å². The van der Waals surface area contributed by atoms with Crippen LogP contribution in [0.2, 0.25) is 0 Å². The molecule has 27 heavy (non-hydrogen) atoms. The summed E-state index contributed by atoms with van der Waals surface area (Å²) in [6, 6.07) is 2.85. The second kappa shape index (κ2) is 7.50. The van der Waals surface area contributed by atoms with Gasteiger partial charge in [0.05, 0.1) is 42.7 Å². The molecule has 1 aromatic heterocycles. The number of ether oxygens (including phenoxy) is 2. The highest BCUT2D eigenvalue weighted by Crippen LogP contribution is 2.46. The highest BCUT2D eigenvalue weighted by molar-refractivity contribution is 5.82. The van der Waals surface area contributed by atoms with Crippen molar-refractivity contribution in [2.75, 3.05) is 14.2 Å². The molecule has 5 nitrogen and oxygen atoms in total. The number of hydrogen-bond donors (Lipinski definition) is 1. The second-order valence-corrected chi connectivity index (χ2v) is 6.57. The van der Waals surface area contributed by atoms with E-state index in [9.17, 15) is 8.78 Å². The summed E-state index contributed by atoms with van der Waals surface area (Å²) in [5, 5.41) is 0. The lowest BCUT2D eigenvalue weighted by Gasteiger charge is -2.16. The maximum Gasteiger partial charge on any atom is 0.177 e. The predicted octanol–water partition coefficient (Wildman–Crippen LogP) is 4.49. The van der Waals surface area contributed by atoms with E-state index in [1.165, 1.54) is 20.3 Å². The van der Waals surface area contributed by atoms with Gasteiger partial charge in [-0.15, -0.1) is 0 Å². The summed E-state index contributed by atoms with van der Waals surface area (Å²) in [5.41, 5.74) is 8.00. The first-order valence-corrected chi connectivity index (χ1v) is 8.86. The standard InChI is InChI=1S/C20H23F2N3O2/c1-5-11-8-13(25-20(12-6-7-12)19(11)24-10(2)23)16-17(21)14(26-3)9-15(27-4)18(16)22/h8-9,12H,5-7H2,1-4H3,(H2,23,24). The first-order valence-electron chi connectivity index (χ1n) is 8.86. The molecule has 0 bridgehead atoms. The number of aliphatic imine (C=N–C) groups is 1.